The maximum atomic E-state index is 13.3. The highest BCUT2D eigenvalue weighted by Gasteiger charge is 2.21. The van der Waals surface area contributed by atoms with Gasteiger partial charge in [0, 0.05) is 11.8 Å². The van der Waals surface area contributed by atoms with Crippen molar-refractivity contribution in [3.05, 3.63) is 29.6 Å². The molecule has 0 amide bonds. The van der Waals surface area contributed by atoms with Crippen LogP contribution in [0.3, 0.4) is 0 Å². The molecule has 7 heteroatoms. The minimum absolute atomic E-state index is 0.0962. The third kappa shape index (κ3) is 3.45. The summed E-state index contributed by atoms with van der Waals surface area (Å²) in [5.74, 6) is -0.835. The molecule has 0 fully saturated rings. The van der Waals surface area contributed by atoms with Crippen molar-refractivity contribution in [2.45, 2.75) is 17.1 Å². The van der Waals surface area contributed by atoms with E-state index in [1.807, 2.05) is 13.2 Å². The maximum Gasteiger partial charge on any atom is 0.242 e. The highest BCUT2D eigenvalue weighted by atomic mass is 32.2. The van der Waals surface area contributed by atoms with Gasteiger partial charge >= 0.3 is 0 Å². The van der Waals surface area contributed by atoms with Crippen molar-refractivity contribution < 1.29 is 12.8 Å². The van der Waals surface area contributed by atoms with Crippen molar-refractivity contribution in [2.75, 3.05) is 12.8 Å². The van der Waals surface area contributed by atoms with Crippen LogP contribution in [0, 0.1) is 17.1 Å². The number of nitriles is 1. The van der Waals surface area contributed by atoms with Crippen molar-refractivity contribution in [2.24, 2.45) is 0 Å². The number of thioether (sulfide) groups is 1. The third-order valence-corrected chi connectivity index (χ3v) is 4.78. The van der Waals surface area contributed by atoms with E-state index in [1.54, 1.807) is 6.07 Å². The Bertz CT molecular complexity index is 567. The summed E-state index contributed by atoms with van der Waals surface area (Å²) in [5.41, 5.74) is -0.457. The average molecular weight is 288 g/mol. The van der Waals surface area contributed by atoms with Gasteiger partial charge in [-0.05, 0) is 18.4 Å². The Hall–Kier alpha value is -1.10. The lowest BCUT2D eigenvalue weighted by atomic mass is 10.2. The molecule has 0 aliphatic heterocycles. The maximum absolute atomic E-state index is 13.3. The van der Waals surface area contributed by atoms with E-state index < -0.39 is 21.4 Å². The summed E-state index contributed by atoms with van der Waals surface area (Å²) in [5, 5.41) is 8.90. The highest BCUT2D eigenvalue weighted by molar-refractivity contribution is 7.99. The molecule has 0 radical (unpaired) electrons. The van der Waals surface area contributed by atoms with Crippen LogP contribution >= 0.6 is 11.8 Å². The van der Waals surface area contributed by atoms with Crippen LogP contribution in [0.15, 0.2) is 23.1 Å². The molecule has 0 bridgehead atoms. The van der Waals surface area contributed by atoms with Crippen LogP contribution in [0.5, 0.6) is 0 Å². The van der Waals surface area contributed by atoms with Crippen molar-refractivity contribution in [1.29, 1.82) is 5.26 Å². The average Bonchev–Trinajstić information content (AvgIpc) is 2.35. The summed E-state index contributed by atoms with van der Waals surface area (Å²) in [6.45, 7) is 2.09. The first-order chi connectivity index (χ1) is 8.42. The minimum Gasteiger partial charge on any atom is -0.210 e. The second-order valence-electron chi connectivity index (χ2n) is 3.62. The molecule has 1 unspecified atom stereocenters. The first-order valence-corrected chi connectivity index (χ1v) is 7.90. The zero-order valence-corrected chi connectivity index (χ0v) is 11.6. The number of rotatable bonds is 5. The molecule has 1 N–H and O–H groups in total. The van der Waals surface area contributed by atoms with Gasteiger partial charge in [-0.1, -0.05) is 13.0 Å². The minimum atomic E-state index is -3.86. The molecule has 0 aliphatic carbocycles. The molecule has 0 heterocycles. The molecule has 0 saturated heterocycles. The number of hydrogen-bond acceptors (Lipinski definition) is 4. The number of halogens is 1. The smallest absolute Gasteiger partial charge is 0.210 e. The van der Waals surface area contributed by atoms with Gasteiger partial charge in [-0.15, -0.1) is 0 Å². The van der Waals surface area contributed by atoms with Gasteiger partial charge in [-0.2, -0.15) is 17.0 Å². The molecular weight excluding hydrogens is 275 g/mol. The fourth-order valence-corrected chi connectivity index (χ4v) is 2.87. The Morgan fingerprint density at radius 1 is 1.56 bits per heavy atom. The number of sulfonamides is 1. The summed E-state index contributed by atoms with van der Waals surface area (Å²) >= 11 is 1.51. The predicted octanol–water partition coefficient (Wildman–Crippen LogP) is 1.73. The van der Waals surface area contributed by atoms with Crippen LogP contribution in [0.25, 0.3) is 0 Å². The molecule has 18 heavy (non-hydrogen) atoms. The molecule has 1 rings (SSSR count). The van der Waals surface area contributed by atoms with Gasteiger partial charge in [0.1, 0.15) is 22.3 Å². The van der Waals surface area contributed by atoms with Gasteiger partial charge in [-0.3, -0.25) is 0 Å². The van der Waals surface area contributed by atoms with Gasteiger partial charge in [-0.25, -0.2) is 17.5 Å². The van der Waals surface area contributed by atoms with E-state index in [0.717, 1.165) is 6.07 Å². The Kier molecular flexibility index (Phi) is 5.14. The van der Waals surface area contributed by atoms with E-state index in [9.17, 15) is 12.8 Å². The zero-order valence-electron chi connectivity index (χ0n) is 9.97. The largest absolute Gasteiger partial charge is 0.242 e. The van der Waals surface area contributed by atoms with Gasteiger partial charge in [0.2, 0.25) is 10.0 Å². The SMILES string of the molecule is CSC(C)CNS(=O)(=O)c1cccc(F)c1C#N. The highest BCUT2D eigenvalue weighted by Crippen LogP contribution is 2.18. The van der Waals surface area contributed by atoms with Gasteiger partial charge < -0.3 is 0 Å². The van der Waals surface area contributed by atoms with Crippen LogP contribution in [0.4, 0.5) is 4.39 Å². The van der Waals surface area contributed by atoms with Crippen LogP contribution in [0.2, 0.25) is 0 Å². The first-order valence-electron chi connectivity index (χ1n) is 5.13. The third-order valence-electron chi connectivity index (χ3n) is 2.34. The topological polar surface area (TPSA) is 70.0 Å². The standard InChI is InChI=1S/C11H13FN2O2S2/c1-8(17-2)7-14-18(15,16)11-5-3-4-10(12)9(11)6-13/h3-5,8,14H,7H2,1-2H3. The summed E-state index contributed by atoms with van der Waals surface area (Å²) < 4.78 is 39.6. The molecule has 4 nitrogen and oxygen atoms in total. The lowest BCUT2D eigenvalue weighted by Gasteiger charge is -2.11. The van der Waals surface area contributed by atoms with Crippen LogP contribution < -0.4 is 4.72 Å². The quantitative estimate of drug-likeness (QED) is 0.895. The van der Waals surface area contributed by atoms with E-state index in [2.05, 4.69) is 4.72 Å². The second kappa shape index (κ2) is 6.18. The Morgan fingerprint density at radius 2 is 2.22 bits per heavy atom. The normalized spacial score (nSPS) is 13.0. The molecule has 1 aromatic carbocycles. The molecule has 0 saturated carbocycles. The molecular formula is C11H13FN2O2S2. The first kappa shape index (κ1) is 15.0. The molecule has 0 aliphatic rings. The number of benzene rings is 1. The molecule has 0 spiro atoms. The van der Waals surface area contributed by atoms with Crippen LogP contribution in [-0.4, -0.2) is 26.5 Å². The Labute approximate surface area is 110 Å². The van der Waals surface area contributed by atoms with E-state index in [1.165, 1.54) is 23.9 Å². The predicted molar refractivity (Wildman–Crippen MR) is 69.3 cm³/mol. The van der Waals surface area contributed by atoms with Crippen LogP contribution in [0.1, 0.15) is 12.5 Å². The van der Waals surface area contributed by atoms with Gasteiger partial charge in [0.15, 0.2) is 0 Å². The van der Waals surface area contributed by atoms with E-state index in [0.29, 0.717) is 0 Å². The van der Waals surface area contributed by atoms with Gasteiger partial charge in [0.25, 0.3) is 0 Å². The molecule has 1 atom stereocenters. The fraction of sp³-hybridized carbons (Fsp3) is 0.364. The Balaban J connectivity index is 3.07. The number of nitrogens with zero attached hydrogens (tertiary/aromatic N) is 1. The summed E-state index contributed by atoms with van der Waals surface area (Å²) in [6.07, 6.45) is 1.86. The monoisotopic (exact) mass is 288 g/mol. The summed E-state index contributed by atoms with van der Waals surface area (Å²) in [7, 11) is -3.86. The van der Waals surface area contributed by atoms with Crippen molar-refractivity contribution in [1.82, 2.24) is 4.72 Å². The lowest BCUT2D eigenvalue weighted by Crippen LogP contribution is -2.30. The Morgan fingerprint density at radius 3 is 2.78 bits per heavy atom. The number of nitrogens with one attached hydrogen (secondary N) is 1. The van der Waals surface area contributed by atoms with Crippen molar-refractivity contribution >= 4 is 21.8 Å². The molecule has 1 aromatic rings. The second-order valence-corrected chi connectivity index (χ2v) is 6.63. The molecule has 98 valence electrons. The van der Waals surface area contributed by atoms with Gasteiger partial charge in [0.05, 0.1) is 0 Å². The number of hydrogen-bond donors (Lipinski definition) is 1. The summed E-state index contributed by atoms with van der Waals surface area (Å²) in [6, 6.07) is 5.11. The van der Waals surface area contributed by atoms with E-state index in [4.69, 9.17) is 5.26 Å². The molecule has 0 aromatic heterocycles. The lowest BCUT2D eigenvalue weighted by molar-refractivity contribution is 0.576. The van der Waals surface area contributed by atoms with Crippen molar-refractivity contribution in [3.8, 4) is 6.07 Å². The van der Waals surface area contributed by atoms with Crippen LogP contribution in [-0.2, 0) is 10.0 Å². The van der Waals surface area contributed by atoms with E-state index in [-0.39, 0.29) is 16.7 Å². The fourth-order valence-electron chi connectivity index (χ4n) is 1.22. The zero-order chi connectivity index (χ0) is 13.8. The summed E-state index contributed by atoms with van der Waals surface area (Å²) in [4.78, 5) is -0.321. The van der Waals surface area contributed by atoms with E-state index >= 15 is 0 Å². The van der Waals surface area contributed by atoms with Crippen molar-refractivity contribution in [3.63, 3.8) is 0 Å².